The molecule has 168 valence electrons. The fourth-order valence-electron chi connectivity index (χ4n) is 4.50. The van der Waals surface area contributed by atoms with Crippen LogP contribution in [0.3, 0.4) is 0 Å². The minimum Gasteiger partial charge on any atom is -0.481 e. The average molecular weight is 446 g/mol. The fourth-order valence-corrected chi connectivity index (χ4v) is 5.19. The molecule has 0 saturated heterocycles. The van der Waals surface area contributed by atoms with E-state index in [0.29, 0.717) is 24.6 Å². The minimum absolute atomic E-state index is 0.0883. The first-order valence-corrected chi connectivity index (χ1v) is 12.6. The predicted octanol–water partition coefficient (Wildman–Crippen LogP) is 4.19. The van der Waals surface area contributed by atoms with E-state index in [9.17, 15) is 24.3 Å². The Morgan fingerprint density at radius 3 is 2.29 bits per heavy atom. The largest absolute Gasteiger partial charge is 0.481 e. The highest BCUT2D eigenvalue weighted by Gasteiger charge is 2.31. The predicted molar refractivity (Wildman–Crippen MR) is 118 cm³/mol. The number of carboxylic acids is 1. The van der Waals surface area contributed by atoms with Gasteiger partial charge in [0, 0.05) is 25.3 Å². The molecule has 1 unspecified atom stereocenters. The lowest BCUT2D eigenvalue weighted by Gasteiger charge is -2.38. The molecule has 1 atom stereocenters. The lowest BCUT2D eigenvalue weighted by molar-refractivity contribution is -0.139. The zero-order valence-corrected chi connectivity index (χ0v) is 18.5. The summed E-state index contributed by atoms with van der Waals surface area (Å²) in [6, 6.07) is 12.9. The molecule has 1 saturated carbocycles. The summed E-state index contributed by atoms with van der Waals surface area (Å²) in [5.41, 5.74) is 2.46. The third-order valence-electron chi connectivity index (χ3n) is 5.94. The van der Waals surface area contributed by atoms with E-state index in [1.165, 1.54) is 6.42 Å². The van der Waals surface area contributed by atoms with Crippen LogP contribution in [0.15, 0.2) is 48.7 Å². The third-order valence-corrected chi connectivity index (χ3v) is 6.71. The zero-order chi connectivity index (χ0) is 22.3. The lowest BCUT2D eigenvalue weighted by Crippen LogP contribution is -2.42. The van der Waals surface area contributed by atoms with Crippen LogP contribution in [0.1, 0.15) is 55.3 Å². The maximum absolute atomic E-state index is 11.7. The van der Waals surface area contributed by atoms with Crippen LogP contribution in [0.25, 0.3) is 0 Å². The summed E-state index contributed by atoms with van der Waals surface area (Å²) in [4.78, 5) is 36.8. The first-order chi connectivity index (χ1) is 14.8. The molecule has 0 bridgehead atoms. The molecule has 2 aromatic rings. The summed E-state index contributed by atoms with van der Waals surface area (Å²) < 4.78 is 11.3. The van der Waals surface area contributed by atoms with Crippen LogP contribution in [0.2, 0.25) is 0 Å². The number of rotatable bonds is 10. The molecule has 7 nitrogen and oxygen atoms in total. The van der Waals surface area contributed by atoms with Crippen LogP contribution in [0, 0.1) is 5.92 Å². The number of carbonyl (C=O) groups is 1. The molecule has 0 amide bonds. The smallest absolute Gasteiger partial charge is 0.329 e. The summed E-state index contributed by atoms with van der Waals surface area (Å²) >= 11 is 0. The minimum atomic E-state index is -4.11. The summed E-state index contributed by atoms with van der Waals surface area (Å²) in [6.07, 6.45) is 7.11. The Labute approximate surface area is 183 Å². The van der Waals surface area contributed by atoms with Crippen LogP contribution < -0.4 is 0 Å². The van der Waals surface area contributed by atoms with Gasteiger partial charge in [0.15, 0.2) is 0 Å². The van der Waals surface area contributed by atoms with Gasteiger partial charge in [-0.2, -0.15) is 0 Å². The second-order valence-electron chi connectivity index (χ2n) is 8.43. The van der Waals surface area contributed by atoms with Gasteiger partial charge in [0.2, 0.25) is 0 Å². The van der Waals surface area contributed by atoms with E-state index in [4.69, 9.17) is 0 Å². The van der Waals surface area contributed by atoms with Crippen molar-refractivity contribution >= 4 is 13.6 Å². The van der Waals surface area contributed by atoms with Crippen LogP contribution >= 0.6 is 7.60 Å². The second-order valence-corrected chi connectivity index (χ2v) is 10.1. The van der Waals surface area contributed by atoms with E-state index >= 15 is 0 Å². The number of aliphatic carboxylic acids is 1. The van der Waals surface area contributed by atoms with Gasteiger partial charge in [-0.05, 0) is 42.0 Å². The van der Waals surface area contributed by atoms with Gasteiger partial charge in [-0.25, -0.2) is 0 Å². The molecule has 0 spiro atoms. The maximum atomic E-state index is 11.7. The third kappa shape index (κ3) is 7.86. The van der Waals surface area contributed by atoms with Crippen molar-refractivity contribution < 1.29 is 24.3 Å². The van der Waals surface area contributed by atoms with E-state index in [1.807, 2.05) is 30.3 Å². The van der Waals surface area contributed by atoms with Gasteiger partial charge >= 0.3 is 13.6 Å². The molecule has 1 aliphatic rings. The Morgan fingerprint density at radius 2 is 1.71 bits per heavy atom. The number of hydrogen-bond acceptors (Lipinski definition) is 4. The molecule has 3 N–H and O–H groups in total. The Morgan fingerprint density at radius 1 is 1.03 bits per heavy atom. The highest BCUT2D eigenvalue weighted by atomic mass is 31.2. The number of nitrogens with zero attached hydrogens (tertiary/aromatic N) is 2. The van der Waals surface area contributed by atoms with Gasteiger partial charge in [-0.3, -0.25) is 19.2 Å². The standard InChI is InChI=1S/C23H31N2O5P/c26-23(27)14-22(20-6-2-1-3-7-20)25(16-21-8-4-5-13-24-21)15-18-9-11-19(12-10-18)17-31(28,29)30/h4-5,8-13,20,22H,1-3,6-7,14-17H2,(H,26,27)(H2,28,29,30). The molecule has 31 heavy (non-hydrogen) atoms. The van der Waals surface area contributed by atoms with Crippen LogP contribution in [-0.4, -0.2) is 36.8 Å². The number of benzene rings is 1. The van der Waals surface area contributed by atoms with Gasteiger partial charge < -0.3 is 14.9 Å². The van der Waals surface area contributed by atoms with Crippen molar-refractivity contribution in [1.29, 1.82) is 0 Å². The first-order valence-electron chi connectivity index (χ1n) is 10.8. The van der Waals surface area contributed by atoms with Crippen molar-refractivity contribution in [2.45, 2.75) is 63.8 Å². The molecule has 1 aromatic carbocycles. The Hall–Kier alpha value is -2.05. The number of aromatic nitrogens is 1. The molecule has 1 aromatic heterocycles. The van der Waals surface area contributed by atoms with E-state index in [2.05, 4.69) is 9.88 Å². The molecular weight excluding hydrogens is 415 g/mol. The summed E-state index contributed by atoms with van der Waals surface area (Å²) in [6.45, 7) is 1.11. The molecule has 1 fully saturated rings. The molecule has 1 aliphatic carbocycles. The Bertz CT molecular complexity index is 879. The van der Waals surface area contributed by atoms with Crippen LogP contribution in [0.4, 0.5) is 0 Å². The first kappa shape index (κ1) is 23.6. The van der Waals surface area contributed by atoms with Crippen LogP contribution in [0.5, 0.6) is 0 Å². The van der Waals surface area contributed by atoms with E-state index in [1.54, 1.807) is 18.3 Å². The van der Waals surface area contributed by atoms with E-state index in [-0.39, 0.29) is 18.6 Å². The Kier molecular flexibility index (Phi) is 8.38. The lowest BCUT2D eigenvalue weighted by atomic mass is 9.81. The number of hydrogen-bond donors (Lipinski definition) is 3. The van der Waals surface area contributed by atoms with Crippen molar-refractivity contribution in [2.24, 2.45) is 5.92 Å². The normalized spacial score (nSPS) is 16.4. The van der Waals surface area contributed by atoms with Crippen molar-refractivity contribution in [1.82, 2.24) is 9.88 Å². The Balaban J connectivity index is 1.83. The van der Waals surface area contributed by atoms with Gasteiger partial charge in [-0.1, -0.05) is 49.6 Å². The molecule has 0 radical (unpaired) electrons. The summed E-state index contributed by atoms with van der Waals surface area (Å²) in [5, 5.41) is 9.62. The maximum Gasteiger partial charge on any atom is 0.329 e. The van der Waals surface area contributed by atoms with Gasteiger partial charge in [0.1, 0.15) is 0 Å². The molecule has 3 rings (SSSR count). The average Bonchev–Trinajstić information content (AvgIpc) is 2.73. The van der Waals surface area contributed by atoms with Gasteiger partial charge in [0.05, 0.1) is 18.3 Å². The fraction of sp³-hybridized carbons (Fsp3) is 0.478. The molecule has 0 aliphatic heterocycles. The van der Waals surface area contributed by atoms with E-state index < -0.39 is 13.6 Å². The number of pyridine rings is 1. The van der Waals surface area contributed by atoms with Crippen molar-refractivity contribution in [2.75, 3.05) is 0 Å². The zero-order valence-electron chi connectivity index (χ0n) is 17.6. The molecule has 8 heteroatoms. The summed E-state index contributed by atoms with van der Waals surface area (Å²) in [5.74, 6) is -0.457. The molecular formula is C23H31N2O5P. The number of carboxylic acid groups (broad SMARTS) is 1. The highest BCUT2D eigenvalue weighted by Crippen LogP contribution is 2.39. The quantitative estimate of drug-likeness (QED) is 0.470. The van der Waals surface area contributed by atoms with Crippen molar-refractivity contribution in [3.8, 4) is 0 Å². The monoisotopic (exact) mass is 446 g/mol. The van der Waals surface area contributed by atoms with Crippen LogP contribution in [-0.2, 0) is 28.6 Å². The topological polar surface area (TPSA) is 111 Å². The van der Waals surface area contributed by atoms with Gasteiger partial charge in [0.25, 0.3) is 0 Å². The molecule has 1 heterocycles. The van der Waals surface area contributed by atoms with Gasteiger partial charge in [-0.15, -0.1) is 0 Å². The van der Waals surface area contributed by atoms with Crippen molar-refractivity contribution in [3.05, 3.63) is 65.5 Å². The second kappa shape index (κ2) is 11.0. The van der Waals surface area contributed by atoms with E-state index in [0.717, 1.165) is 36.9 Å². The SMILES string of the molecule is O=C(O)CC(C1CCCCC1)N(Cc1ccc(CP(=O)(O)O)cc1)Cc1ccccn1. The highest BCUT2D eigenvalue weighted by molar-refractivity contribution is 7.50. The van der Waals surface area contributed by atoms with Crippen molar-refractivity contribution in [3.63, 3.8) is 0 Å². The summed E-state index contributed by atoms with van der Waals surface area (Å²) in [7, 11) is -4.11.